The van der Waals surface area contributed by atoms with E-state index < -0.39 is 0 Å². The number of hydrogen-bond donors (Lipinski definition) is 2. The van der Waals surface area contributed by atoms with Crippen LogP contribution in [0.4, 0.5) is 16.4 Å². The van der Waals surface area contributed by atoms with Crippen molar-refractivity contribution in [2.75, 3.05) is 41.8 Å². The molecule has 7 heteroatoms. The smallest absolute Gasteiger partial charge is 0.266 e. The number of amides is 2. The summed E-state index contributed by atoms with van der Waals surface area (Å²) in [6.07, 6.45) is 1.92. The minimum absolute atomic E-state index is 0.0581. The molecule has 2 aliphatic rings. The first-order valence-corrected chi connectivity index (χ1v) is 10.5. The summed E-state index contributed by atoms with van der Waals surface area (Å²) < 4.78 is 5.41. The van der Waals surface area contributed by atoms with Crippen LogP contribution in [0.1, 0.15) is 33.6 Å². The Morgan fingerprint density at radius 1 is 1.07 bits per heavy atom. The van der Waals surface area contributed by atoms with Crippen LogP contribution in [0.15, 0.2) is 24.3 Å². The number of carbonyl (C=O) groups excluding carboxylic acids is 2. The predicted octanol–water partition coefficient (Wildman–Crippen LogP) is 3.80. The Morgan fingerprint density at radius 2 is 1.82 bits per heavy atom. The lowest BCUT2D eigenvalue weighted by molar-refractivity contribution is -0.117. The van der Waals surface area contributed by atoms with Crippen molar-refractivity contribution in [2.24, 2.45) is 5.92 Å². The predicted molar refractivity (Wildman–Crippen MR) is 113 cm³/mol. The van der Waals surface area contributed by atoms with Crippen LogP contribution in [0.2, 0.25) is 0 Å². The van der Waals surface area contributed by atoms with E-state index in [0.717, 1.165) is 66.6 Å². The number of nitrogens with one attached hydrogen (secondary N) is 2. The van der Waals surface area contributed by atoms with Gasteiger partial charge in [0.1, 0.15) is 0 Å². The van der Waals surface area contributed by atoms with Gasteiger partial charge in [-0.3, -0.25) is 9.59 Å². The number of rotatable bonds is 5. The highest BCUT2D eigenvalue weighted by Crippen LogP contribution is 2.33. The molecule has 0 bridgehead atoms. The fourth-order valence-electron chi connectivity index (χ4n) is 3.32. The number of hydrogen-bond acceptors (Lipinski definition) is 5. The maximum absolute atomic E-state index is 12.8. The Kier molecular flexibility index (Phi) is 5.37. The molecule has 0 radical (unpaired) electrons. The van der Waals surface area contributed by atoms with Gasteiger partial charge < -0.3 is 20.3 Å². The van der Waals surface area contributed by atoms with Gasteiger partial charge in [-0.1, -0.05) is 0 Å². The van der Waals surface area contributed by atoms with Crippen LogP contribution in [0.25, 0.3) is 0 Å². The number of morpholine rings is 1. The van der Waals surface area contributed by atoms with E-state index in [1.807, 2.05) is 32.0 Å². The molecular formula is C21H25N3O3S. The van der Waals surface area contributed by atoms with Crippen LogP contribution in [-0.2, 0) is 9.53 Å². The molecule has 1 aromatic heterocycles. The van der Waals surface area contributed by atoms with E-state index in [-0.39, 0.29) is 17.7 Å². The Hall–Kier alpha value is -2.38. The molecule has 1 saturated carbocycles. The number of ether oxygens (including phenoxy) is 1. The summed E-state index contributed by atoms with van der Waals surface area (Å²) in [5.41, 5.74) is 3.85. The molecule has 0 unspecified atom stereocenters. The molecule has 2 fully saturated rings. The normalized spacial score (nSPS) is 16.7. The molecule has 2 N–H and O–H groups in total. The highest BCUT2D eigenvalue weighted by molar-refractivity contribution is 7.18. The van der Waals surface area contributed by atoms with Crippen LogP contribution in [0, 0.1) is 19.8 Å². The molecule has 6 nitrogen and oxygen atoms in total. The van der Waals surface area contributed by atoms with Crippen LogP contribution in [0.5, 0.6) is 0 Å². The quantitative estimate of drug-likeness (QED) is 0.802. The number of anilines is 3. The van der Waals surface area contributed by atoms with Gasteiger partial charge in [0.2, 0.25) is 5.91 Å². The summed E-state index contributed by atoms with van der Waals surface area (Å²) in [5.74, 6) is 0.0618. The Labute approximate surface area is 168 Å². The van der Waals surface area contributed by atoms with Gasteiger partial charge >= 0.3 is 0 Å². The summed E-state index contributed by atoms with van der Waals surface area (Å²) in [4.78, 5) is 27.6. The molecule has 148 valence electrons. The Balaban J connectivity index is 1.44. The minimum Gasteiger partial charge on any atom is -0.378 e. The second-order valence-electron chi connectivity index (χ2n) is 7.44. The van der Waals surface area contributed by atoms with Gasteiger partial charge in [-0.2, -0.15) is 0 Å². The average Bonchev–Trinajstić information content (AvgIpc) is 3.47. The van der Waals surface area contributed by atoms with Crippen LogP contribution < -0.4 is 15.5 Å². The summed E-state index contributed by atoms with van der Waals surface area (Å²) in [5, 5.41) is 6.67. The maximum Gasteiger partial charge on any atom is 0.266 e. The standard InChI is InChI=1S/C21H25N3O3S/c1-13-11-16(24-7-9-27-10-8-24)5-6-17(13)22-21(26)19-14(2)12-18(28-19)23-20(25)15-3-4-15/h5-6,11-12,15H,3-4,7-10H2,1-2H3,(H,22,26)(H,23,25). The van der Waals surface area contributed by atoms with Gasteiger partial charge in [0, 0.05) is 30.4 Å². The number of benzene rings is 1. The molecule has 1 aromatic carbocycles. The van der Waals surface area contributed by atoms with E-state index in [1.54, 1.807) is 0 Å². The number of thiophene rings is 1. The highest BCUT2D eigenvalue weighted by atomic mass is 32.1. The first kappa shape index (κ1) is 19.0. The molecule has 1 saturated heterocycles. The molecule has 1 aliphatic heterocycles. The summed E-state index contributed by atoms with van der Waals surface area (Å²) in [6, 6.07) is 7.96. The summed E-state index contributed by atoms with van der Waals surface area (Å²) in [6.45, 7) is 7.15. The van der Waals surface area contributed by atoms with E-state index in [0.29, 0.717) is 4.88 Å². The third-order valence-electron chi connectivity index (χ3n) is 5.15. The second kappa shape index (κ2) is 7.93. The number of nitrogens with zero attached hydrogens (tertiary/aromatic N) is 1. The van der Waals surface area contributed by atoms with E-state index in [1.165, 1.54) is 11.3 Å². The third-order valence-corrected chi connectivity index (χ3v) is 6.30. The Bertz CT molecular complexity index is 898. The molecule has 0 spiro atoms. The second-order valence-corrected chi connectivity index (χ2v) is 8.49. The zero-order chi connectivity index (χ0) is 19.7. The molecule has 28 heavy (non-hydrogen) atoms. The Morgan fingerprint density at radius 3 is 2.50 bits per heavy atom. The van der Waals surface area contributed by atoms with Crippen LogP contribution in [-0.4, -0.2) is 38.1 Å². The number of carbonyl (C=O) groups is 2. The fraction of sp³-hybridized carbons (Fsp3) is 0.429. The highest BCUT2D eigenvalue weighted by Gasteiger charge is 2.30. The van der Waals surface area contributed by atoms with Crippen molar-refractivity contribution in [1.82, 2.24) is 0 Å². The molecule has 1 aliphatic carbocycles. The molecule has 2 heterocycles. The SMILES string of the molecule is Cc1cc(N2CCOCC2)ccc1NC(=O)c1sc(NC(=O)C2CC2)cc1C. The number of aryl methyl sites for hydroxylation is 2. The first-order valence-electron chi connectivity index (χ1n) is 9.67. The van der Waals surface area contributed by atoms with Gasteiger partial charge in [-0.05, 0) is 62.1 Å². The van der Waals surface area contributed by atoms with E-state index in [2.05, 4.69) is 21.6 Å². The monoisotopic (exact) mass is 399 g/mol. The van der Waals surface area contributed by atoms with Gasteiger partial charge in [0.25, 0.3) is 5.91 Å². The first-order chi connectivity index (χ1) is 13.5. The van der Waals surface area contributed by atoms with Gasteiger partial charge in [0.15, 0.2) is 0 Å². The largest absolute Gasteiger partial charge is 0.378 e. The maximum atomic E-state index is 12.8. The lowest BCUT2D eigenvalue weighted by Gasteiger charge is -2.29. The van der Waals surface area contributed by atoms with Crippen molar-refractivity contribution >= 4 is 39.5 Å². The van der Waals surface area contributed by atoms with Crippen molar-refractivity contribution in [3.63, 3.8) is 0 Å². The zero-order valence-corrected chi connectivity index (χ0v) is 17.0. The average molecular weight is 400 g/mol. The minimum atomic E-state index is -0.142. The molecular weight excluding hydrogens is 374 g/mol. The molecule has 2 amide bonds. The van der Waals surface area contributed by atoms with E-state index in [9.17, 15) is 9.59 Å². The fourth-order valence-corrected chi connectivity index (χ4v) is 4.29. The van der Waals surface area contributed by atoms with Crippen molar-refractivity contribution in [3.05, 3.63) is 40.3 Å². The van der Waals surface area contributed by atoms with E-state index >= 15 is 0 Å². The zero-order valence-electron chi connectivity index (χ0n) is 16.2. The summed E-state index contributed by atoms with van der Waals surface area (Å²) in [7, 11) is 0. The topological polar surface area (TPSA) is 70.7 Å². The van der Waals surface area contributed by atoms with Gasteiger partial charge in [0.05, 0.1) is 23.1 Å². The lowest BCUT2D eigenvalue weighted by atomic mass is 10.1. The molecule has 2 aromatic rings. The molecule has 0 atom stereocenters. The molecule has 4 rings (SSSR count). The van der Waals surface area contributed by atoms with Crippen LogP contribution in [0.3, 0.4) is 0 Å². The van der Waals surface area contributed by atoms with E-state index in [4.69, 9.17) is 4.74 Å². The lowest BCUT2D eigenvalue weighted by Crippen LogP contribution is -2.36. The third kappa shape index (κ3) is 4.20. The van der Waals surface area contributed by atoms with Gasteiger partial charge in [-0.15, -0.1) is 11.3 Å². The van der Waals surface area contributed by atoms with Crippen molar-refractivity contribution in [3.8, 4) is 0 Å². The van der Waals surface area contributed by atoms with Crippen molar-refractivity contribution in [2.45, 2.75) is 26.7 Å². The van der Waals surface area contributed by atoms with Gasteiger partial charge in [-0.25, -0.2) is 0 Å². The van der Waals surface area contributed by atoms with Crippen molar-refractivity contribution in [1.29, 1.82) is 0 Å². The summed E-state index contributed by atoms with van der Waals surface area (Å²) >= 11 is 1.33. The van der Waals surface area contributed by atoms with Crippen molar-refractivity contribution < 1.29 is 14.3 Å². The van der Waals surface area contributed by atoms with Crippen LogP contribution >= 0.6 is 11.3 Å².